The number of ether oxygens (including phenoxy) is 1. The number of aliphatic hydroxyl groups excluding tert-OH is 2. The highest BCUT2D eigenvalue weighted by molar-refractivity contribution is 5.76. The molecule has 0 atom stereocenters. The van der Waals surface area contributed by atoms with Gasteiger partial charge in [0.1, 0.15) is 5.54 Å². The van der Waals surface area contributed by atoms with Gasteiger partial charge in [0.15, 0.2) is 0 Å². The molecule has 0 rings (SSSR count). The number of hydrogen-bond acceptors (Lipinski definition) is 4. The van der Waals surface area contributed by atoms with E-state index in [1.165, 1.54) is 135 Å². The molecule has 0 spiro atoms. The fraction of sp³-hybridized carbons (Fsp3) is 0.971. The molecular weight excluding hydrogens is 486 g/mol. The van der Waals surface area contributed by atoms with Gasteiger partial charge in [-0.15, -0.1) is 0 Å². The van der Waals surface area contributed by atoms with Gasteiger partial charge < -0.3 is 20.3 Å². The number of hydrogen-bond donors (Lipinski definition) is 3. The molecule has 234 valence electrons. The number of amides is 1. The lowest BCUT2D eigenvalue weighted by Gasteiger charge is -2.30. The van der Waals surface area contributed by atoms with E-state index in [-0.39, 0.29) is 25.7 Å². The predicted octanol–water partition coefficient (Wildman–Crippen LogP) is 9.03. The van der Waals surface area contributed by atoms with Gasteiger partial charge in [-0.2, -0.15) is 0 Å². The monoisotopic (exact) mass is 556 g/mol. The largest absolute Gasteiger partial charge is 0.394 e. The molecule has 0 aromatic carbocycles. The molecule has 0 bridgehead atoms. The molecule has 0 aliphatic heterocycles. The van der Waals surface area contributed by atoms with Gasteiger partial charge in [0, 0.05) is 13.0 Å². The minimum Gasteiger partial charge on any atom is -0.394 e. The van der Waals surface area contributed by atoms with Crippen molar-refractivity contribution in [1.29, 1.82) is 0 Å². The Bertz CT molecular complexity index is 496. The predicted molar refractivity (Wildman–Crippen MR) is 167 cm³/mol. The van der Waals surface area contributed by atoms with Crippen molar-refractivity contribution in [1.82, 2.24) is 5.32 Å². The van der Waals surface area contributed by atoms with Crippen molar-refractivity contribution in [2.45, 2.75) is 186 Å². The quantitative estimate of drug-likeness (QED) is 0.0724. The summed E-state index contributed by atoms with van der Waals surface area (Å²) in [7, 11) is 0. The van der Waals surface area contributed by atoms with E-state index in [1.54, 1.807) is 0 Å². The lowest BCUT2D eigenvalue weighted by Crippen LogP contribution is -2.57. The molecule has 0 aliphatic rings. The maximum atomic E-state index is 12.4. The van der Waals surface area contributed by atoms with Gasteiger partial charge in [-0.1, -0.05) is 162 Å². The minimum atomic E-state index is -1.08. The Labute approximate surface area is 243 Å². The summed E-state index contributed by atoms with van der Waals surface area (Å²) < 4.78 is 5.77. The van der Waals surface area contributed by atoms with Gasteiger partial charge in [-0.3, -0.25) is 4.79 Å². The summed E-state index contributed by atoms with van der Waals surface area (Å²) in [5.74, 6) is -0.103. The van der Waals surface area contributed by atoms with Gasteiger partial charge in [0.25, 0.3) is 0 Å². The first-order valence-corrected chi connectivity index (χ1v) is 17.2. The average Bonchev–Trinajstić information content (AvgIpc) is 2.95. The Kier molecular flexibility index (Phi) is 29.8. The highest BCUT2D eigenvalue weighted by atomic mass is 16.5. The van der Waals surface area contributed by atoms with Crippen molar-refractivity contribution >= 4 is 5.91 Å². The van der Waals surface area contributed by atoms with E-state index in [0.717, 1.165) is 25.7 Å². The molecule has 0 fully saturated rings. The van der Waals surface area contributed by atoms with Crippen molar-refractivity contribution in [2.75, 3.05) is 26.4 Å². The maximum absolute atomic E-state index is 12.4. The van der Waals surface area contributed by atoms with Crippen LogP contribution in [0.1, 0.15) is 181 Å². The van der Waals surface area contributed by atoms with Crippen LogP contribution in [0.25, 0.3) is 0 Å². The van der Waals surface area contributed by atoms with E-state index < -0.39 is 5.54 Å². The molecule has 5 nitrogen and oxygen atoms in total. The van der Waals surface area contributed by atoms with Crippen molar-refractivity contribution in [3.8, 4) is 0 Å². The Balaban J connectivity index is 3.67. The van der Waals surface area contributed by atoms with E-state index in [9.17, 15) is 15.0 Å². The lowest BCUT2D eigenvalue weighted by atomic mass is 10.0. The zero-order chi connectivity index (χ0) is 28.7. The molecule has 1 amide bonds. The molecule has 0 unspecified atom stereocenters. The second-order valence-corrected chi connectivity index (χ2v) is 12.1. The average molecular weight is 556 g/mol. The number of rotatable bonds is 32. The zero-order valence-corrected chi connectivity index (χ0v) is 26.4. The van der Waals surface area contributed by atoms with Crippen molar-refractivity contribution < 1.29 is 19.7 Å². The highest BCUT2D eigenvalue weighted by Gasteiger charge is 2.30. The van der Waals surface area contributed by atoms with Gasteiger partial charge >= 0.3 is 0 Å². The zero-order valence-electron chi connectivity index (χ0n) is 26.4. The third-order valence-electron chi connectivity index (χ3n) is 8.04. The molecule has 5 heteroatoms. The summed E-state index contributed by atoms with van der Waals surface area (Å²) in [5.41, 5.74) is -1.08. The van der Waals surface area contributed by atoms with Crippen LogP contribution >= 0.6 is 0 Å². The van der Waals surface area contributed by atoms with E-state index in [2.05, 4.69) is 19.2 Å². The molecule has 0 radical (unpaired) electrons. The number of carbonyl (C=O) groups excluding carboxylic acids is 1. The fourth-order valence-corrected chi connectivity index (χ4v) is 5.23. The summed E-state index contributed by atoms with van der Waals surface area (Å²) in [6.07, 6.45) is 32.7. The topological polar surface area (TPSA) is 78.8 Å². The van der Waals surface area contributed by atoms with Gasteiger partial charge in [0.05, 0.1) is 19.8 Å². The van der Waals surface area contributed by atoms with Crippen molar-refractivity contribution in [2.24, 2.45) is 0 Å². The number of aliphatic hydroxyl groups is 2. The standard InChI is InChI=1S/C34H69NO4/c1-3-5-7-9-11-13-15-16-17-19-21-23-25-27-29-39-32-34(30-36,31-37)35-33(38)28-26-24-22-20-18-14-12-10-8-6-4-2/h36-37H,3-32H2,1-2H3,(H,35,38). The van der Waals surface area contributed by atoms with Crippen molar-refractivity contribution in [3.63, 3.8) is 0 Å². The number of nitrogens with one attached hydrogen (secondary N) is 1. The smallest absolute Gasteiger partial charge is 0.220 e. The molecule has 0 aromatic rings. The van der Waals surface area contributed by atoms with Crippen LogP contribution in [0.3, 0.4) is 0 Å². The van der Waals surface area contributed by atoms with Gasteiger partial charge in [-0.25, -0.2) is 0 Å². The van der Waals surface area contributed by atoms with Crippen LogP contribution < -0.4 is 5.32 Å². The molecule has 0 aromatic heterocycles. The van der Waals surface area contributed by atoms with Gasteiger partial charge in [-0.05, 0) is 12.8 Å². The summed E-state index contributed by atoms with van der Waals surface area (Å²) >= 11 is 0. The Morgan fingerprint density at radius 2 is 0.872 bits per heavy atom. The first-order chi connectivity index (χ1) is 19.1. The Morgan fingerprint density at radius 3 is 1.23 bits per heavy atom. The second-order valence-electron chi connectivity index (χ2n) is 12.1. The number of carbonyl (C=O) groups is 1. The minimum absolute atomic E-state index is 0.103. The van der Waals surface area contributed by atoms with E-state index in [1.807, 2.05) is 0 Å². The van der Waals surface area contributed by atoms with Crippen LogP contribution in [0.5, 0.6) is 0 Å². The van der Waals surface area contributed by atoms with E-state index in [0.29, 0.717) is 13.0 Å². The second kappa shape index (κ2) is 30.3. The summed E-state index contributed by atoms with van der Waals surface area (Å²) in [6, 6.07) is 0. The molecule has 39 heavy (non-hydrogen) atoms. The normalized spacial score (nSPS) is 11.8. The lowest BCUT2D eigenvalue weighted by molar-refractivity contribution is -0.126. The molecule has 0 heterocycles. The number of unbranched alkanes of at least 4 members (excludes halogenated alkanes) is 23. The fourth-order valence-electron chi connectivity index (χ4n) is 5.23. The third-order valence-corrected chi connectivity index (χ3v) is 8.04. The van der Waals surface area contributed by atoms with Crippen molar-refractivity contribution in [3.05, 3.63) is 0 Å². The van der Waals surface area contributed by atoms with E-state index in [4.69, 9.17) is 4.74 Å². The molecule has 0 aliphatic carbocycles. The first-order valence-electron chi connectivity index (χ1n) is 17.2. The maximum Gasteiger partial charge on any atom is 0.220 e. The molecule has 0 saturated carbocycles. The van der Waals surface area contributed by atoms with Crippen LogP contribution in [0.4, 0.5) is 0 Å². The Hall–Kier alpha value is -0.650. The van der Waals surface area contributed by atoms with E-state index >= 15 is 0 Å². The van der Waals surface area contributed by atoms with Crippen LogP contribution in [0.2, 0.25) is 0 Å². The van der Waals surface area contributed by atoms with Crippen LogP contribution in [0.15, 0.2) is 0 Å². The highest BCUT2D eigenvalue weighted by Crippen LogP contribution is 2.14. The molecular formula is C34H69NO4. The SMILES string of the molecule is CCCCCCCCCCCCCCCCOCC(CO)(CO)NC(=O)CCCCCCCCCCCCC. The van der Waals surface area contributed by atoms with Gasteiger partial charge in [0.2, 0.25) is 5.91 Å². The molecule has 0 saturated heterocycles. The van der Waals surface area contributed by atoms with Crippen LogP contribution in [-0.4, -0.2) is 48.1 Å². The Morgan fingerprint density at radius 1 is 0.538 bits per heavy atom. The summed E-state index contributed by atoms with van der Waals surface area (Å²) in [6.45, 7) is 4.66. The first kappa shape index (κ1) is 38.4. The molecule has 3 N–H and O–H groups in total. The summed E-state index contributed by atoms with van der Waals surface area (Å²) in [4.78, 5) is 12.4. The third kappa shape index (κ3) is 26.0. The summed E-state index contributed by atoms with van der Waals surface area (Å²) in [5, 5.41) is 22.6. The van der Waals surface area contributed by atoms with Crippen LogP contribution in [-0.2, 0) is 9.53 Å². The van der Waals surface area contributed by atoms with Crippen LogP contribution in [0, 0.1) is 0 Å².